The Morgan fingerprint density at radius 3 is 1.68 bits per heavy atom. The predicted octanol–water partition coefficient (Wildman–Crippen LogP) is 8.37. The van der Waals surface area contributed by atoms with Crippen molar-refractivity contribution in [2.45, 2.75) is 19.3 Å². The topological polar surface area (TPSA) is 89.3 Å². The maximum absolute atomic E-state index is 12.3. The van der Waals surface area contributed by atoms with Gasteiger partial charge in [0, 0.05) is 52.3 Å². The van der Waals surface area contributed by atoms with E-state index in [2.05, 4.69) is 40.8 Å². The molecule has 0 heterocycles. The number of nitrogens with two attached hydrogens (primary N) is 2. The summed E-state index contributed by atoms with van der Waals surface area (Å²) in [5.74, 6) is -0.833. The van der Waals surface area contributed by atoms with Crippen molar-refractivity contribution in [3.63, 3.8) is 0 Å². The summed E-state index contributed by atoms with van der Waals surface area (Å²) >= 11 is 9.12. The zero-order valence-electron chi connectivity index (χ0n) is 15.1. The average molecular weight is 828 g/mol. The summed E-state index contributed by atoms with van der Waals surface area (Å²) in [6, 6.07) is 5.84. The monoisotopic (exact) mass is 826 g/mol. The number of hydrogen-bond acceptors (Lipinski definition) is 3. The number of benzene rings is 2. The Labute approximate surface area is 221 Å². The van der Waals surface area contributed by atoms with E-state index in [0.29, 0.717) is 3.57 Å². The lowest BCUT2D eigenvalue weighted by Crippen LogP contribution is -2.07. The Balaban J connectivity index is 0. The molecule has 0 unspecified atom stereocenters. The molecule has 0 radical (unpaired) electrons. The van der Waals surface area contributed by atoms with Gasteiger partial charge >= 0.3 is 12.4 Å². The van der Waals surface area contributed by atoms with Crippen molar-refractivity contribution >= 4 is 102 Å². The van der Waals surface area contributed by atoms with Gasteiger partial charge in [-0.25, -0.2) is 0 Å². The van der Waals surface area contributed by atoms with E-state index in [1.807, 2.05) is 22.6 Å². The minimum absolute atomic E-state index is 0.00389. The number of halogens is 11. The van der Waals surface area contributed by atoms with Crippen LogP contribution < -0.4 is 11.5 Å². The number of anilines is 2. The van der Waals surface area contributed by atoms with E-state index in [9.17, 15) is 26.3 Å². The number of nitrogen functional groups attached to an aromatic ring is 2. The van der Waals surface area contributed by atoms with Crippen LogP contribution in [0.25, 0.3) is 0 Å². The van der Waals surface area contributed by atoms with Crippen LogP contribution in [0.5, 0.6) is 0 Å². The Morgan fingerprint density at radius 2 is 1.32 bits per heavy atom. The molecule has 15 heteroatoms. The highest BCUT2D eigenvalue weighted by Gasteiger charge is 2.34. The van der Waals surface area contributed by atoms with E-state index >= 15 is 0 Å². The number of carbonyl (C=O) groups is 1. The second kappa shape index (κ2) is 14.8. The van der Waals surface area contributed by atoms with Gasteiger partial charge in [-0.1, -0.05) is 31.9 Å². The van der Waals surface area contributed by atoms with Gasteiger partial charge in [-0.3, -0.25) is 4.79 Å². The first-order valence-electron chi connectivity index (χ1n) is 7.24. The van der Waals surface area contributed by atoms with Crippen molar-refractivity contribution in [1.82, 2.24) is 0 Å². The van der Waals surface area contributed by atoms with Crippen molar-refractivity contribution in [2.75, 3.05) is 11.5 Å². The standard InChI is InChI=1S/C7H4BrF3IN.C7H5BrF3N.C2H4O2.ClI/c8-4-2-5(12)6(13)1-3(4)7(9,10)11;8-6-2-1-4(12)3-5(6)7(9,10)11;1-2(3)4;1-2/h1-2H,13H2;1-3H,12H2;1H3,(H,3,4);. The molecule has 31 heavy (non-hydrogen) atoms. The molecule has 0 amide bonds. The highest BCUT2D eigenvalue weighted by Crippen LogP contribution is 2.37. The van der Waals surface area contributed by atoms with E-state index in [1.54, 1.807) is 21.5 Å². The van der Waals surface area contributed by atoms with Crippen LogP contribution in [0.1, 0.15) is 18.1 Å². The first kappa shape index (κ1) is 33.0. The highest BCUT2D eigenvalue weighted by molar-refractivity contribution is 14.1. The molecule has 4 nitrogen and oxygen atoms in total. The molecular weight excluding hydrogens is 815 g/mol. The predicted molar refractivity (Wildman–Crippen MR) is 133 cm³/mol. The fraction of sp³-hybridized carbons (Fsp3) is 0.188. The molecule has 2 aromatic rings. The Bertz CT molecular complexity index is 867. The lowest BCUT2D eigenvalue weighted by molar-refractivity contribution is -0.139. The number of carboxylic acid groups (broad SMARTS) is 1. The molecule has 0 aliphatic heterocycles. The second-order valence-electron chi connectivity index (χ2n) is 5.11. The number of hydrogen-bond donors (Lipinski definition) is 3. The van der Waals surface area contributed by atoms with Crippen LogP contribution in [0.4, 0.5) is 37.7 Å². The fourth-order valence-corrected chi connectivity index (χ4v) is 3.48. The number of alkyl halides is 6. The van der Waals surface area contributed by atoms with Crippen molar-refractivity contribution in [1.29, 1.82) is 0 Å². The summed E-state index contributed by atoms with van der Waals surface area (Å²) in [5, 5.41) is 7.42. The third-order valence-corrected chi connectivity index (χ3v) is 4.97. The Kier molecular flexibility index (Phi) is 15.8. The molecule has 0 atom stereocenters. The molecule has 2 rings (SSSR count). The van der Waals surface area contributed by atoms with Gasteiger partial charge in [0.05, 0.1) is 11.1 Å². The van der Waals surface area contributed by atoms with Gasteiger partial charge in [0.15, 0.2) is 0 Å². The lowest BCUT2D eigenvalue weighted by atomic mass is 10.2. The van der Waals surface area contributed by atoms with Crippen LogP contribution in [0.2, 0.25) is 0 Å². The zero-order chi connectivity index (χ0) is 25.2. The molecule has 176 valence electrons. The van der Waals surface area contributed by atoms with Crippen molar-refractivity contribution in [2.24, 2.45) is 0 Å². The molecule has 0 spiro atoms. The molecule has 0 aliphatic carbocycles. The maximum atomic E-state index is 12.3. The summed E-state index contributed by atoms with van der Waals surface area (Å²) < 4.78 is 73.9. The molecular formula is C16H13Br2ClF6I2N2O2. The van der Waals surface area contributed by atoms with Crippen LogP contribution >= 0.6 is 84.8 Å². The van der Waals surface area contributed by atoms with Gasteiger partial charge in [-0.05, 0) is 61.8 Å². The molecule has 0 fully saturated rings. The summed E-state index contributed by atoms with van der Waals surface area (Å²) in [4.78, 5) is 9.00. The first-order chi connectivity index (χ1) is 14.0. The molecule has 0 aliphatic rings. The number of carboxylic acids is 1. The van der Waals surface area contributed by atoms with E-state index in [0.717, 1.165) is 19.1 Å². The Hall–Kier alpha value is -0.200. The van der Waals surface area contributed by atoms with Crippen molar-refractivity contribution < 1.29 is 36.2 Å². The van der Waals surface area contributed by atoms with E-state index in [4.69, 9.17) is 21.4 Å². The third-order valence-electron chi connectivity index (χ3n) is 2.69. The van der Waals surface area contributed by atoms with E-state index in [1.165, 1.54) is 18.2 Å². The molecule has 0 aromatic heterocycles. The molecule has 0 saturated heterocycles. The van der Waals surface area contributed by atoms with Crippen molar-refractivity contribution in [3.05, 3.63) is 54.0 Å². The quantitative estimate of drug-likeness (QED) is 0.142. The van der Waals surface area contributed by atoms with Gasteiger partial charge in [0.1, 0.15) is 0 Å². The van der Waals surface area contributed by atoms with Gasteiger partial charge in [0.2, 0.25) is 0 Å². The van der Waals surface area contributed by atoms with Gasteiger partial charge in [-0.2, -0.15) is 26.3 Å². The maximum Gasteiger partial charge on any atom is 0.417 e. The van der Waals surface area contributed by atoms with Crippen molar-refractivity contribution in [3.8, 4) is 0 Å². The number of aliphatic carboxylic acids is 1. The summed E-state index contributed by atoms with van der Waals surface area (Å²) in [7, 11) is 4.61. The summed E-state index contributed by atoms with van der Waals surface area (Å²) in [5.41, 5.74) is 9.31. The van der Waals surface area contributed by atoms with Crippen LogP contribution in [0.15, 0.2) is 39.3 Å². The first-order valence-corrected chi connectivity index (χ1v) is 12.6. The SMILES string of the molecule is CC(=O)O.ClI.Nc1cc(C(F)(F)F)c(Br)cc1I.Nc1ccc(Br)c(C(F)(F)F)c1. The van der Waals surface area contributed by atoms with Crippen LogP contribution in [-0.2, 0) is 17.1 Å². The second-order valence-corrected chi connectivity index (χ2v) is 7.98. The largest absolute Gasteiger partial charge is 0.481 e. The summed E-state index contributed by atoms with van der Waals surface area (Å²) in [6.45, 7) is 1.08. The summed E-state index contributed by atoms with van der Waals surface area (Å²) in [6.07, 6.45) is -8.72. The van der Waals surface area contributed by atoms with Crippen LogP contribution in [0, 0.1) is 3.57 Å². The third kappa shape index (κ3) is 13.8. The van der Waals surface area contributed by atoms with E-state index < -0.39 is 29.4 Å². The van der Waals surface area contributed by atoms with Crippen LogP contribution in [-0.4, -0.2) is 11.1 Å². The zero-order valence-corrected chi connectivity index (χ0v) is 23.3. The van der Waals surface area contributed by atoms with Crippen LogP contribution in [0.3, 0.4) is 0 Å². The molecule has 5 N–H and O–H groups in total. The minimum Gasteiger partial charge on any atom is -0.481 e. The molecule has 0 bridgehead atoms. The smallest absolute Gasteiger partial charge is 0.417 e. The average Bonchev–Trinajstić information content (AvgIpc) is 2.60. The van der Waals surface area contributed by atoms with Gasteiger partial charge < -0.3 is 16.6 Å². The van der Waals surface area contributed by atoms with Gasteiger partial charge in [0.25, 0.3) is 5.97 Å². The van der Waals surface area contributed by atoms with E-state index in [-0.39, 0.29) is 20.3 Å². The molecule has 0 saturated carbocycles. The highest BCUT2D eigenvalue weighted by atomic mass is 127. The van der Waals surface area contributed by atoms with Gasteiger partial charge in [-0.15, -0.1) is 0 Å². The molecule has 2 aromatic carbocycles. The minimum atomic E-state index is -4.36. The normalized spacial score (nSPS) is 10.5. The lowest BCUT2D eigenvalue weighted by Gasteiger charge is -2.10. The number of rotatable bonds is 0. The Morgan fingerprint density at radius 1 is 0.935 bits per heavy atom. The fourth-order valence-electron chi connectivity index (χ4n) is 1.54.